The Morgan fingerprint density at radius 3 is 2.29 bits per heavy atom. The molecule has 0 N–H and O–H groups in total. The van der Waals surface area contributed by atoms with Gasteiger partial charge in [0.15, 0.2) is 6.61 Å². The van der Waals surface area contributed by atoms with E-state index in [0.717, 1.165) is 0 Å². The average Bonchev–Trinajstić information content (AvgIpc) is 3.19. The van der Waals surface area contributed by atoms with E-state index in [2.05, 4.69) is 10.1 Å². The van der Waals surface area contributed by atoms with Crippen LogP contribution in [0, 0.1) is 5.82 Å². The molecule has 158 valence electrons. The van der Waals surface area contributed by atoms with Crippen molar-refractivity contribution in [1.82, 2.24) is 10.1 Å². The fourth-order valence-corrected chi connectivity index (χ4v) is 2.78. The molecule has 1 aromatic heterocycles. The number of nitrogens with zero attached hydrogens (tertiary/aromatic N) is 2. The molecule has 0 spiro atoms. The molecule has 0 unspecified atom stereocenters. The van der Waals surface area contributed by atoms with Crippen LogP contribution < -0.4 is 4.74 Å². The fraction of sp³-hybridized carbons (Fsp3) is 0.182. The first-order valence-corrected chi connectivity index (χ1v) is 9.29. The summed E-state index contributed by atoms with van der Waals surface area (Å²) in [6, 6.07) is 12.4. The number of benzene rings is 2. The maximum absolute atomic E-state index is 12.9. The summed E-state index contributed by atoms with van der Waals surface area (Å²) in [7, 11) is 0. The Labute approximate surface area is 176 Å². The van der Waals surface area contributed by atoms with Crippen LogP contribution >= 0.6 is 0 Å². The van der Waals surface area contributed by atoms with Gasteiger partial charge in [-0.05, 0) is 35.9 Å². The first-order valence-electron chi connectivity index (χ1n) is 9.29. The quantitative estimate of drug-likeness (QED) is 0.347. The maximum Gasteiger partial charge on any atom is 0.348 e. The zero-order valence-electron chi connectivity index (χ0n) is 16.6. The lowest BCUT2D eigenvalue weighted by Crippen LogP contribution is -2.41. The molecular formula is C22H17FN2O6. The summed E-state index contributed by atoms with van der Waals surface area (Å²) < 4.78 is 33.7. The average molecular weight is 424 g/mol. The number of halogens is 1. The van der Waals surface area contributed by atoms with Gasteiger partial charge >= 0.3 is 11.9 Å². The Balaban J connectivity index is 1.43. The number of ether oxygens (including phenoxy) is 3. The monoisotopic (exact) mass is 424 g/mol. The van der Waals surface area contributed by atoms with E-state index >= 15 is 0 Å². The number of aromatic nitrogens is 2. The van der Waals surface area contributed by atoms with Crippen LogP contribution in [-0.2, 0) is 25.7 Å². The van der Waals surface area contributed by atoms with Gasteiger partial charge in [-0.15, -0.1) is 0 Å². The van der Waals surface area contributed by atoms with E-state index < -0.39 is 17.7 Å². The SMILES string of the molecule is CC1(C)OC(=O)C(=Cc2ccc(-c3noc(COc4ccc(F)cc4)n3)cc2)C(=O)O1. The van der Waals surface area contributed by atoms with Crippen molar-refractivity contribution in [3.05, 3.63) is 71.4 Å². The molecule has 0 saturated carbocycles. The van der Waals surface area contributed by atoms with E-state index in [1.54, 1.807) is 24.3 Å². The predicted octanol–water partition coefficient (Wildman–Crippen LogP) is 3.67. The number of rotatable bonds is 5. The molecule has 1 aliphatic rings. The highest BCUT2D eigenvalue weighted by Gasteiger charge is 2.38. The third kappa shape index (κ3) is 4.77. The van der Waals surface area contributed by atoms with Crippen LogP contribution in [0.3, 0.4) is 0 Å². The number of carbonyl (C=O) groups is 2. The highest BCUT2D eigenvalue weighted by Crippen LogP contribution is 2.25. The number of carbonyl (C=O) groups excluding carboxylic acids is 2. The van der Waals surface area contributed by atoms with Gasteiger partial charge in [-0.25, -0.2) is 14.0 Å². The minimum Gasteiger partial charge on any atom is -0.484 e. The van der Waals surface area contributed by atoms with E-state index in [4.69, 9.17) is 18.7 Å². The summed E-state index contributed by atoms with van der Waals surface area (Å²) in [6.45, 7) is 3.00. The second-order valence-electron chi connectivity index (χ2n) is 7.11. The summed E-state index contributed by atoms with van der Waals surface area (Å²) in [5.74, 6) is -2.06. The Morgan fingerprint density at radius 2 is 1.65 bits per heavy atom. The van der Waals surface area contributed by atoms with Gasteiger partial charge in [0.2, 0.25) is 5.82 Å². The molecular weight excluding hydrogens is 407 g/mol. The molecule has 1 fully saturated rings. The second kappa shape index (κ2) is 8.02. The molecule has 4 rings (SSSR count). The summed E-state index contributed by atoms with van der Waals surface area (Å²) in [5, 5.41) is 3.91. The number of hydrogen-bond donors (Lipinski definition) is 0. The molecule has 3 aromatic rings. The van der Waals surface area contributed by atoms with Gasteiger partial charge < -0.3 is 18.7 Å². The van der Waals surface area contributed by atoms with Crippen LogP contribution in [0.4, 0.5) is 4.39 Å². The highest BCUT2D eigenvalue weighted by atomic mass is 19.1. The number of cyclic esters (lactones) is 2. The smallest absolute Gasteiger partial charge is 0.348 e. The Morgan fingerprint density at radius 1 is 1.00 bits per heavy atom. The summed E-state index contributed by atoms with van der Waals surface area (Å²) in [6.07, 6.45) is 1.39. The Bertz CT molecular complexity index is 1130. The van der Waals surface area contributed by atoms with Crippen molar-refractivity contribution < 1.29 is 32.7 Å². The summed E-state index contributed by atoms with van der Waals surface area (Å²) in [5.41, 5.74) is 1.07. The van der Waals surface area contributed by atoms with Crippen molar-refractivity contribution in [1.29, 1.82) is 0 Å². The minimum atomic E-state index is -1.29. The van der Waals surface area contributed by atoms with Gasteiger partial charge in [0.25, 0.3) is 11.7 Å². The molecule has 8 nitrogen and oxygen atoms in total. The second-order valence-corrected chi connectivity index (χ2v) is 7.11. The standard InChI is InChI=1S/C22H17FN2O6/c1-22(2)29-20(26)17(21(27)30-22)11-13-3-5-14(6-4-13)19-24-18(31-25-19)12-28-16-9-7-15(23)8-10-16/h3-11H,12H2,1-2H3. The molecule has 1 aliphatic heterocycles. The van der Waals surface area contributed by atoms with Crippen LogP contribution in [0.15, 0.2) is 58.6 Å². The van der Waals surface area contributed by atoms with Crippen molar-refractivity contribution in [2.24, 2.45) is 0 Å². The predicted molar refractivity (Wildman–Crippen MR) is 105 cm³/mol. The summed E-state index contributed by atoms with van der Waals surface area (Å²) in [4.78, 5) is 28.3. The van der Waals surface area contributed by atoms with Crippen LogP contribution in [0.5, 0.6) is 5.75 Å². The lowest BCUT2D eigenvalue weighted by Gasteiger charge is -2.29. The molecule has 0 bridgehead atoms. The van der Waals surface area contributed by atoms with Crippen LogP contribution in [0.2, 0.25) is 0 Å². The molecule has 0 amide bonds. The van der Waals surface area contributed by atoms with Crippen molar-refractivity contribution in [2.75, 3.05) is 0 Å². The van der Waals surface area contributed by atoms with Gasteiger partial charge in [-0.1, -0.05) is 29.4 Å². The molecule has 31 heavy (non-hydrogen) atoms. The van der Waals surface area contributed by atoms with E-state index in [-0.39, 0.29) is 23.9 Å². The maximum atomic E-state index is 12.9. The fourth-order valence-electron chi connectivity index (χ4n) is 2.78. The molecule has 2 aromatic carbocycles. The Hall–Kier alpha value is -4.01. The minimum absolute atomic E-state index is 0.0311. The first-order chi connectivity index (χ1) is 14.8. The lowest BCUT2D eigenvalue weighted by atomic mass is 10.1. The van der Waals surface area contributed by atoms with Gasteiger partial charge in [-0.2, -0.15) is 4.98 Å². The molecule has 2 heterocycles. The lowest BCUT2D eigenvalue weighted by molar-refractivity contribution is -0.222. The van der Waals surface area contributed by atoms with Crippen LogP contribution in [-0.4, -0.2) is 27.9 Å². The topological polar surface area (TPSA) is 101 Å². The molecule has 0 aliphatic carbocycles. The molecule has 9 heteroatoms. The summed E-state index contributed by atoms with van der Waals surface area (Å²) >= 11 is 0. The third-order valence-corrected chi connectivity index (χ3v) is 4.24. The molecule has 0 radical (unpaired) electrons. The zero-order valence-corrected chi connectivity index (χ0v) is 16.6. The number of esters is 2. The highest BCUT2D eigenvalue weighted by molar-refractivity contribution is 6.18. The van der Waals surface area contributed by atoms with E-state index in [0.29, 0.717) is 22.7 Å². The third-order valence-electron chi connectivity index (χ3n) is 4.24. The number of hydrogen-bond acceptors (Lipinski definition) is 8. The van der Waals surface area contributed by atoms with E-state index in [9.17, 15) is 14.0 Å². The van der Waals surface area contributed by atoms with Crippen molar-refractivity contribution >= 4 is 18.0 Å². The first kappa shape index (κ1) is 20.3. The van der Waals surface area contributed by atoms with E-state index in [1.165, 1.54) is 44.2 Å². The van der Waals surface area contributed by atoms with Gasteiger partial charge in [-0.3, -0.25) is 0 Å². The van der Waals surface area contributed by atoms with Gasteiger partial charge in [0, 0.05) is 19.4 Å². The zero-order chi connectivity index (χ0) is 22.0. The van der Waals surface area contributed by atoms with Crippen LogP contribution in [0.1, 0.15) is 25.3 Å². The van der Waals surface area contributed by atoms with E-state index in [1.807, 2.05) is 0 Å². The molecule has 0 atom stereocenters. The normalized spacial score (nSPS) is 15.3. The van der Waals surface area contributed by atoms with Gasteiger partial charge in [0.1, 0.15) is 17.1 Å². The molecule has 1 saturated heterocycles. The van der Waals surface area contributed by atoms with Crippen LogP contribution in [0.25, 0.3) is 17.5 Å². The Kier molecular flexibility index (Phi) is 5.24. The van der Waals surface area contributed by atoms with Gasteiger partial charge in [0.05, 0.1) is 0 Å². The van der Waals surface area contributed by atoms with Crippen molar-refractivity contribution in [3.8, 4) is 17.1 Å². The van der Waals surface area contributed by atoms with Crippen molar-refractivity contribution in [2.45, 2.75) is 26.2 Å². The largest absolute Gasteiger partial charge is 0.484 e. The van der Waals surface area contributed by atoms with Crippen molar-refractivity contribution in [3.63, 3.8) is 0 Å².